The number of halogens is 4. The maximum Gasteiger partial charge on any atom is 0.461 e. The van der Waals surface area contributed by atoms with Crippen LogP contribution in [0.5, 0.6) is 0 Å². The van der Waals surface area contributed by atoms with Crippen molar-refractivity contribution >= 4 is 34.9 Å². The number of pyridine rings is 1. The fraction of sp³-hybridized carbons (Fsp3) is 0.316. The highest BCUT2D eigenvalue weighted by atomic mass is 35.5. The topological polar surface area (TPSA) is 49.0 Å². The molecular formula is C19H20ClF3N4S. The fourth-order valence-electron chi connectivity index (χ4n) is 2.86. The van der Waals surface area contributed by atoms with Crippen LogP contribution < -0.4 is 15.4 Å². The molecule has 4 nitrogen and oxygen atoms in total. The van der Waals surface area contributed by atoms with Gasteiger partial charge in [-0.2, -0.15) is 13.2 Å². The van der Waals surface area contributed by atoms with E-state index in [1.165, 1.54) is 6.07 Å². The van der Waals surface area contributed by atoms with Gasteiger partial charge in [-0.15, -0.1) is 0 Å². The summed E-state index contributed by atoms with van der Waals surface area (Å²) in [6, 6.07) is 8.71. The molecule has 1 aromatic carbocycles. The highest BCUT2D eigenvalue weighted by Gasteiger charge is 2.29. The molecule has 1 unspecified atom stereocenters. The summed E-state index contributed by atoms with van der Waals surface area (Å²) >= 11 is 5.97. The fourth-order valence-corrected chi connectivity index (χ4v) is 3.50. The third kappa shape index (κ3) is 5.48. The minimum atomic E-state index is -4.36. The van der Waals surface area contributed by atoms with Crippen molar-refractivity contribution < 1.29 is 13.2 Å². The van der Waals surface area contributed by atoms with E-state index in [1.807, 2.05) is 12.3 Å². The first-order valence-corrected chi connectivity index (χ1v) is 9.89. The Kier molecular flexibility index (Phi) is 6.30. The van der Waals surface area contributed by atoms with Crippen molar-refractivity contribution in [2.75, 3.05) is 4.72 Å². The Morgan fingerprint density at radius 1 is 1.25 bits per heavy atom. The molecule has 28 heavy (non-hydrogen) atoms. The highest BCUT2D eigenvalue weighted by Crippen LogP contribution is 2.34. The summed E-state index contributed by atoms with van der Waals surface area (Å²) in [5.41, 5.74) is -0.529. The van der Waals surface area contributed by atoms with Gasteiger partial charge in [-0.1, -0.05) is 25.4 Å². The Morgan fingerprint density at radius 3 is 2.71 bits per heavy atom. The molecule has 0 bridgehead atoms. The van der Waals surface area contributed by atoms with E-state index in [0.717, 1.165) is 23.4 Å². The zero-order chi connectivity index (χ0) is 20.3. The second-order valence-electron chi connectivity index (χ2n) is 6.83. The lowest BCUT2D eigenvalue weighted by molar-refractivity contribution is -0.0323. The van der Waals surface area contributed by atoms with E-state index in [2.05, 4.69) is 40.3 Å². The van der Waals surface area contributed by atoms with Crippen molar-refractivity contribution in [2.45, 2.75) is 31.9 Å². The molecule has 0 spiro atoms. The molecule has 0 radical (unpaired) electrons. The van der Waals surface area contributed by atoms with Crippen LogP contribution in [0.2, 0.25) is 5.02 Å². The Hall–Kier alpha value is -2.06. The predicted octanol–water partition coefficient (Wildman–Crippen LogP) is 5.70. The number of benzene rings is 1. The molecule has 3 N–H and O–H groups in total. The first-order chi connectivity index (χ1) is 13.2. The third-order valence-corrected chi connectivity index (χ3v) is 4.91. The molecular weight excluding hydrogens is 409 g/mol. The first kappa shape index (κ1) is 20.7. The summed E-state index contributed by atoms with van der Waals surface area (Å²) in [7, 11) is 0. The lowest BCUT2D eigenvalue weighted by Gasteiger charge is -2.16. The van der Waals surface area contributed by atoms with Crippen molar-refractivity contribution in [3.8, 4) is 0 Å². The normalized spacial score (nSPS) is 16.5. The van der Waals surface area contributed by atoms with Gasteiger partial charge in [0.15, 0.2) is 0 Å². The van der Waals surface area contributed by atoms with E-state index in [-0.39, 0.29) is 23.8 Å². The van der Waals surface area contributed by atoms with Gasteiger partial charge in [0.25, 0.3) is 0 Å². The average molecular weight is 429 g/mol. The number of rotatable bonds is 6. The minimum Gasteiger partial charge on any atom is -0.366 e. The summed E-state index contributed by atoms with van der Waals surface area (Å²) in [6.07, 6.45) is 4.38. The molecule has 150 valence electrons. The van der Waals surface area contributed by atoms with Gasteiger partial charge in [-0.05, 0) is 48.2 Å². The summed E-state index contributed by atoms with van der Waals surface area (Å²) in [5, 5.41) is 6.96. The lowest BCUT2D eigenvalue weighted by Crippen LogP contribution is -2.22. The molecule has 0 saturated heterocycles. The second-order valence-corrected chi connectivity index (χ2v) is 8.10. The highest BCUT2D eigenvalue weighted by molar-refractivity contribution is 8.01. The third-order valence-electron chi connectivity index (χ3n) is 4.03. The van der Waals surface area contributed by atoms with E-state index >= 15 is 0 Å². The maximum absolute atomic E-state index is 12.3. The summed E-state index contributed by atoms with van der Waals surface area (Å²) in [4.78, 5) is 4.40. The molecule has 1 aromatic heterocycles. The Balaban J connectivity index is 1.68. The zero-order valence-electron chi connectivity index (χ0n) is 15.3. The number of hydrogen-bond acceptors (Lipinski definition) is 5. The molecule has 9 heteroatoms. The van der Waals surface area contributed by atoms with Gasteiger partial charge in [-0.3, -0.25) is 4.98 Å². The van der Waals surface area contributed by atoms with Gasteiger partial charge in [0.05, 0.1) is 22.7 Å². The number of alkyl halides is 3. The predicted molar refractivity (Wildman–Crippen MR) is 108 cm³/mol. The lowest BCUT2D eigenvalue weighted by atomic mass is 10.1. The van der Waals surface area contributed by atoms with Crippen LogP contribution >= 0.6 is 23.5 Å². The molecule has 1 aliphatic heterocycles. The Morgan fingerprint density at radius 2 is 2.04 bits per heavy atom. The van der Waals surface area contributed by atoms with E-state index in [1.54, 1.807) is 18.3 Å². The van der Waals surface area contributed by atoms with Crippen LogP contribution in [0.4, 0.5) is 18.9 Å². The van der Waals surface area contributed by atoms with Crippen molar-refractivity contribution in [1.82, 2.24) is 15.6 Å². The average Bonchev–Trinajstić information content (AvgIpc) is 3.09. The van der Waals surface area contributed by atoms with E-state index in [0.29, 0.717) is 16.5 Å². The molecule has 0 amide bonds. The molecule has 2 heterocycles. The summed E-state index contributed by atoms with van der Waals surface area (Å²) in [5.74, 6) is 0.516. The van der Waals surface area contributed by atoms with Crippen LogP contribution in [-0.4, -0.2) is 10.5 Å². The number of anilines is 1. The zero-order valence-corrected chi connectivity index (χ0v) is 16.8. The maximum atomic E-state index is 12.3. The molecule has 0 aliphatic carbocycles. The molecule has 0 saturated carbocycles. The smallest absolute Gasteiger partial charge is 0.366 e. The van der Waals surface area contributed by atoms with Crippen LogP contribution in [0.3, 0.4) is 0 Å². The minimum absolute atomic E-state index is 0.126. The Labute approximate surface area is 171 Å². The van der Waals surface area contributed by atoms with Gasteiger partial charge in [-0.25, -0.2) is 0 Å². The van der Waals surface area contributed by atoms with Crippen molar-refractivity contribution in [3.05, 3.63) is 64.6 Å². The van der Waals surface area contributed by atoms with Crippen molar-refractivity contribution in [2.24, 2.45) is 5.92 Å². The van der Waals surface area contributed by atoms with Crippen molar-refractivity contribution in [1.29, 1.82) is 0 Å². The van der Waals surface area contributed by atoms with Crippen LogP contribution in [-0.2, 0) is 6.42 Å². The van der Waals surface area contributed by atoms with Gasteiger partial charge < -0.3 is 15.4 Å². The molecule has 1 aliphatic rings. The van der Waals surface area contributed by atoms with Gasteiger partial charge in [0, 0.05) is 29.3 Å². The van der Waals surface area contributed by atoms with Crippen LogP contribution in [0.1, 0.15) is 36.8 Å². The largest absolute Gasteiger partial charge is 0.461 e. The van der Waals surface area contributed by atoms with Crippen LogP contribution in [0.15, 0.2) is 42.7 Å². The van der Waals surface area contributed by atoms with Crippen LogP contribution in [0.25, 0.3) is 5.70 Å². The number of aromatic nitrogens is 1. The summed E-state index contributed by atoms with van der Waals surface area (Å²) in [6.45, 7) is 4.29. The number of nitrogens with one attached hydrogen (secondary N) is 3. The van der Waals surface area contributed by atoms with Gasteiger partial charge in [0.2, 0.25) is 0 Å². The van der Waals surface area contributed by atoms with E-state index < -0.39 is 5.51 Å². The number of hydrogen-bond donors (Lipinski definition) is 3. The van der Waals surface area contributed by atoms with Gasteiger partial charge >= 0.3 is 5.51 Å². The second kappa shape index (κ2) is 8.53. The first-order valence-electron chi connectivity index (χ1n) is 8.69. The van der Waals surface area contributed by atoms with Crippen LogP contribution in [0, 0.1) is 5.92 Å². The summed E-state index contributed by atoms with van der Waals surface area (Å²) < 4.78 is 39.2. The molecule has 1 atom stereocenters. The monoisotopic (exact) mass is 428 g/mol. The SMILES string of the molecule is CC(C)Cc1cc(C2NC=C(c3ccc(NSC(F)(F)F)cc3Cl)N2)ccn1. The Bertz CT molecular complexity index is 870. The molecule has 2 aromatic rings. The van der Waals surface area contributed by atoms with E-state index in [9.17, 15) is 13.2 Å². The number of nitrogens with zero attached hydrogens (tertiary/aromatic N) is 1. The van der Waals surface area contributed by atoms with Gasteiger partial charge in [0.1, 0.15) is 6.17 Å². The quantitative estimate of drug-likeness (QED) is 0.515. The molecule has 3 rings (SSSR count). The van der Waals surface area contributed by atoms with E-state index in [4.69, 9.17) is 11.6 Å². The van der Waals surface area contributed by atoms with Crippen molar-refractivity contribution in [3.63, 3.8) is 0 Å². The molecule has 0 fully saturated rings. The standard InChI is InChI=1S/C19H20ClF3N4S/c1-11(2)7-14-8-12(5-6-24-14)18-25-10-17(26-18)15-4-3-13(9-16(15)20)27-28-19(21,22)23/h3-6,8-11,18,25-27H,7H2,1-2H3.